The number of halogens is 1. The van der Waals surface area contributed by atoms with Crippen LogP contribution in [-0.2, 0) is 28.3 Å². The van der Waals surface area contributed by atoms with Crippen molar-refractivity contribution < 1.29 is 19.0 Å². The smallest absolute Gasteiger partial charge is 0.343 e. The van der Waals surface area contributed by atoms with Gasteiger partial charge in [-0.05, 0) is 57.6 Å². The molecule has 0 saturated carbocycles. The number of cyclic esters (lactones) is 1. The highest BCUT2D eigenvalue weighted by molar-refractivity contribution is 5.90. The summed E-state index contributed by atoms with van der Waals surface area (Å²) in [4.78, 5) is 32.9. The van der Waals surface area contributed by atoms with Crippen molar-refractivity contribution in [3.63, 3.8) is 0 Å². The van der Waals surface area contributed by atoms with Gasteiger partial charge < -0.3 is 24.6 Å². The van der Waals surface area contributed by atoms with E-state index in [-0.39, 0.29) is 41.6 Å². The van der Waals surface area contributed by atoms with Crippen LogP contribution in [0.4, 0.5) is 4.39 Å². The van der Waals surface area contributed by atoms with Crippen LogP contribution in [0, 0.1) is 12.7 Å². The van der Waals surface area contributed by atoms with Crippen molar-refractivity contribution in [1.82, 2.24) is 19.8 Å². The third kappa shape index (κ3) is 3.65. The summed E-state index contributed by atoms with van der Waals surface area (Å²) < 4.78 is 21.4. The summed E-state index contributed by atoms with van der Waals surface area (Å²) >= 11 is 0. The topological polar surface area (TPSA) is 96.7 Å². The Bertz CT molecular complexity index is 1460. The Kier molecular flexibility index (Phi) is 5.97. The van der Waals surface area contributed by atoms with Crippen LogP contribution in [0.25, 0.3) is 22.3 Å². The molecule has 0 bridgehead atoms. The van der Waals surface area contributed by atoms with Crippen molar-refractivity contribution in [3.05, 3.63) is 62.2 Å². The first kappa shape index (κ1) is 24.5. The van der Waals surface area contributed by atoms with Gasteiger partial charge in [0.05, 0.1) is 29.0 Å². The summed E-state index contributed by atoms with van der Waals surface area (Å²) in [5.74, 6) is -1.11. The minimum Gasteiger partial charge on any atom is -0.458 e. The lowest BCUT2D eigenvalue weighted by molar-refractivity contribution is -0.172. The van der Waals surface area contributed by atoms with Crippen molar-refractivity contribution >= 4 is 16.9 Å². The van der Waals surface area contributed by atoms with Gasteiger partial charge in [0.2, 0.25) is 0 Å². The van der Waals surface area contributed by atoms with Gasteiger partial charge in [0.25, 0.3) is 5.56 Å². The van der Waals surface area contributed by atoms with Gasteiger partial charge in [-0.2, -0.15) is 0 Å². The molecular formula is C27H31FN4O4. The predicted molar refractivity (Wildman–Crippen MR) is 134 cm³/mol. The van der Waals surface area contributed by atoms with Crippen LogP contribution in [0.2, 0.25) is 0 Å². The standard InChI is InChI=1S/C27H31FN4O4/c1-6-27(35)19-10-22-24-17(12-32(22)25(33)18(19)13-36-26(27)34)23(15(3)29-7-8-31(4)5)16-9-14(2)20(28)11-21(16)30-24/h9-11,15,29,35H,6-8,12-13H2,1-5H3/t15-,27+/m1/s1. The number of nitrogens with zero attached hydrogens (tertiary/aromatic N) is 3. The molecule has 5 rings (SSSR count). The van der Waals surface area contributed by atoms with Crippen LogP contribution < -0.4 is 10.9 Å². The highest BCUT2D eigenvalue weighted by Crippen LogP contribution is 2.41. The summed E-state index contributed by atoms with van der Waals surface area (Å²) in [5, 5.41) is 15.5. The number of nitrogens with one attached hydrogen (secondary N) is 1. The molecule has 2 atom stereocenters. The Hall–Kier alpha value is -3.14. The number of pyridine rings is 2. The lowest BCUT2D eigenvalue weighted by atomic mass is 9.86. The van der Waals surface area contributed by atoms with Gasteiger partial charge in [-0.3, -0.25) is 4.79 Å². The average Bonchev–Trinajstić information content (AvgIpc) is 3.19. The monoisotopic (exact) mass is 494 g/mol. The molecule has 0 spiro atoms. The lowest BCUT2D eigenvalue weighted by Gasteiger charge is -2.31. The van der Waals surface area contributed by atoms with Crippen LogP contribution >= 0.6 is 0 Å². The second-order valence-electron chi connectivity index (χ2n) is 10.1. The molecule has 0 amide bonds. The van der Waals surface area contributed by atoms with Gasteiger partial charge in [0, 0.05) is 41.7 Å². The Labute approximate surface area is 208 Å². The van der Waals surface area contributed by atoms with E-state index >= 15 is 0 Å². The van der Waals surface area contributed by atoms with Crippen molar-refractivity contribution in [2.24, 2.45) is 0 Å². The molecule has 0 fully saturated rings. The maximum absolute atomic E-state index is 14.6. The highest BCUT2D eigenvalue weighted by atomic mass is 19.1. The minimum atomic E-state index is -1.89. The van der Waals surface area contributed by atoms with E-state index in [0.717, 1.165) is 29.6 Å². The van der Waals surface area contributed by atoms with Crippen molar-refractivity contribution in [2.45, 2.75) is 52.0 Å². The molecule has 2 N–H and O–H groups in total. The molecule has 4 heterocycles. The molecule has 2 aliphatic heterocycles. The molecule has 8 nitrogen and oxygen atoms in total. The van der Waals surface area contributed by atoms with Gasteiger partial charge in [0.15, 0.2) is 5.60 Å². The van der Waals surface area contributed by atoms with E-state index in [1.54, 1.807) is 24.5 Å². The number of hydrogen-bond acceptors (Lipinski definition) is 7. The number of fused-ring (bicyclic) bond motifs is 5. The SMILES string of the molecule is CC[C@@]1(O)C(=O)OCc2c1cc1n(c2=O)Cc2c-1nc1cc(F)c(C)cc1c2[C@@H](C)NCCN(C)C. The first-order valence-corrected chi connectivity index (χ1v) is 12.2. The van der Waals surface area contributed by atoms with Crippen LogP contribution in [0.3, 0.4) is 0 Å². The fourth-order valence-electron chi connectivity index (χ4n) is 5.34. The van der Waals surface area contributed by atoms with E-state index < -0.39 is 11.6 Å². The Morgan fingerprint density at radius 1 is 1.28 bits per heavy atom. The third-order valence-corrected chi connectivity index (χ3v) is 7.45. The number of aryl methyl sites for hydroxylation is 1. The molecule has 0 aliphatic carbocycles. The van der Waals surface area contributed by atoms with Gasteiger partial charge in [-0.1, -0.05) is 6.92 Å². The van der Waals surface area contributed by atoms with Crippen LogP contribution in [0.1, 0.15) is 54.1 Å². The molecule has 1 aromatic carbocycles. The number of hydrogen-bond donors (Lipinski definition) is 2. The number of ether oxygens (including phenoxy) is 1. The summed E-state index contributed by atoms with van der Waals surface area (Å²) in [6.07, 6.45) is 0.0717. The number of aliphatic hydroxyl groups is 1. The Morgan fingerprint density at radius 2 is 2.03 bits per heavy atom. The maximum atomic E-state index is 14.6. The van der Waals surface area contributed by atoms with Gasteiger partial charge in [-0.25, -0.2) is 14.2 Å². The Balaban J connectivity index is 1.74. The van der Waals surface area contributed by atoms with E-state index in [9.17, 15) is 19.1 Å². The normalized spacial score (nSPS) is 19.3. The van der Waals surface area contributed by atoms with Gasteiger partial charge in [-0.15, -0.1) is 0 Å². The third-order valence-electron chi connectivity index (χ3n) is 7.45. The van der Waals surface area contributed by atoms with Crippen molar-refractivity contribution in [1.29, 1.82) is 0 Å². The Morgan fingerprint density at radius 3 is 2.72 bits per heavy atom. The number of esters is 1. The summed E-state index contributed by atoms with van der Waals surface area (Å²) in [6.45, 7) is 7.17. The number of likely N-dealkylation sites (N-methyl/N-ethyl adjacent to an activating group) is 1. The van der Waals surface area contributed by atoms with Gasteiger partial charge in [0.1, 0.15) is 12.4 Å². The second kappa shape index (κ2) is 8.76. The number of carbonyl (C=O) groups excluding carboxylic acids is 1. The largest absolute Gasteiger partial charge is 0.458 e. The molecule has 190 valence electrons. The zero-order valence-corrected chi connectivity index (χ0v) is 21.2. The first-order chi connectivity index (χ1) is 17.1. The van der Waals surface area contributed by atoms with E-state index in [0.29, 0.717) is 29.0 Å². The number of carbonyl (C=O) groups is 1. The zero-order chi connectivity index (χ0) is 25.9. The molecule has 36 heavy (non-hydrogen) atoms. The van der Waals surface area contributed by atoms with Gasteiger partial charge >= 0.3 is 5.97 Å². The second-order valence-corrected chi connectivity index (χ2v) is 10.1. The summed E-state index contributed by atoms with van der Waals surface area (Å²) in [5.41, 5.74) is 2.29. The lowest BCUT2D eigenvalue weighted by Crippen LogP contribution is -2.44. The van der Waals surface area contributed by atoms with E-state index in [2.05, 4.69) is 17.1 Å². The van der Waals surface area contributed by atoms with Crippen molar-refractivity contribution in [3.8, 4) is 11.4 Å². The molecule has 2 aliphatic rings. The van der Waals surface area contributed by atoms with E-state index in [4.69, 9.17) is 9.72 Å². The molecule has 0 saturated heterocycles. The predicted octanol–water partition coefficient (Wildman–Crippen LogP) is 2.74. The van der Waals surface area contributed by atoms with Crippen LogP contribution in [-0.4, -0.2) is 52.7 Å². The number of aromatic nitrogens is 2. The quantitative estimate of drug-likeness (QED) is 0.398. The molecular weight excluding hydrogens is 463 g/mol. The van der Waals surface area contributed by atoms with Crippen molar-refractivity contribution in [2.75, 3.05) is 27.2 Å². The molecule has 0 radical (unpaired) electrons. The van der Waals surface area contributed by atoms with E-state index in [1.165, 1.54) is 6.07 Å². The summed E-state index contributed by atoms with van der Waals surface area (Å²) in [6, 6.07) is 4.84. The summed E-state index contributed by atoms with van der Waals surface area (Å²) in [7, 11) is 4.02. The van der Waals surface area contributed by atoms with E-state index in [1.807, 2.05) is 20.2 Å². The number of benzene rings is 1. The fraction of sp³-hybridized carbons (Fsp3) is 0.444. The first-order valence-electron chi connectivity index (χ1n) is 12.2. The molecule has 0 unspecified atom stereocenters. The number of rotatable bonds is 6. The molecule has 3 aromatic rings. The van der Waals surface area contributed by atoms with Crippen LogP contribution in [0.5, 0.6) is 0 Å². The van der Waals surface area contributed by atoms with Crippen LogP contribution in [0.15, 0.2) is 23.0 Å². The molecule has 2 aromatic heterocycles. The fourth-order valence-corrected chi connectivity index (χ4v) is 5.34. The minimum absolute atomic E-state index is 0.0717. The zero-order valence-electron chi connectivity index (χ0n) is 21.2. The molecule has 9 heteroatoms. The highest BCUT2D eigenvalue weighted by Gasteiger charge is 2.45. The maximum Gasteiger partial charge on any atom is 0.343 e. The average molecular weight is 495 g/mol.